The van der Waals surface area contributed by atoms with Crippen LogP contribution in [0.2, 0.25) is 0 Å². The molecule has 3 aromatic rings. The maximum atomic E-state index is 12.1. The van der Waals surface area contributed by atoms with Gasteiger partial charge in [-0.1, -0.05) is 24.3 Å². The third-order valence-electron chi connectivity index (χ3n) is 5.38. The van der Waals surface area contributed by atoms with Crippen molar-refractivity contribution in [1.82, 2.24) is 20.2 Å². The first-order valence-corrected chi connectivity index (χ1v) is 10.2. The molecule has 0 atom stereocenters. The van der Waals surface area contributed by atoms with Gasteiger partial charge >= 0.3 is 0 Å². The Bertz CT molecular complexity index is 974. The standard InChI is InChI=1S/C23H27N5O.ClH/c1-18-16-19-6-2-3-8-21(19)22(26-18)28-14-12-27(13-15-28)11-5-10-25-23(29)20-7-4-9-24-17-20;/h2-4,6-9,16-17H,5,10-15H2,1H3,(H,25,29);1H. The van der Waals surface area contributed by atoms with Crippen LogP contribution in [0.3, 0.4) is 0 Å². The highest BCUT2D eigenvalue weighted by atomic mass is 35.5. The Hall–Kier alpha value is -2.70. The van der Waals surface area contributed by atoms with Crippen molar-refractivity contribution < 1.29 is 4.79 Å². The fourth-order valence-corrected chi connectivity index (χ4v) is 3.84. The Morgan fingerprint density at radius 1 is 1.10 bits per heavy atom. The van der Waals surface area contributed by atoms with Crippen LogP contribution in [0.5, 0.6) is 0 Å². The fourth-order valence-electron chi connectivity index (χ4n) is 3.84. The third-order valence-corrected chi connectivity index (χ3v) is 5.38. The molecule has 7 heteroatoms. The van der Waals surface area contributed by atoms with Crippen molar-refractivity contribution in [1.29, 1.82) is 0 Å². The fraction of sp³-hybridized carbons (Fsp3) is 0.348. The number of benzene rings is 1. The van der Waals surface area contributed by atoms with Crippen molar-refractivity contribution in [3.05, 3.63) is 66.1 Å². The lowest BCUT2D eigenvalue weighted by molar-refractivity contribution is 0.0951. The molecule has 1 amide bonds. The molecule has 0 unspecified atom stereocenters. The molecule has 4 rings (SSSR count). The molecule has 0 radical (unpaired) electrons. The van der Waals surface area contributed by atoms with Crippen molar-refractivity contribution >= 4 is 34.9 Å². The minimum absolute atomic E-state index is 0. The summed E-state index contributed by atoms with van der Waals surface area (Å²) in [6.07, 6.45) is 4.21. The zero-order valence-electron chi connectivity index (χ0n) is 17.3. The Labute approximate surface area is 183 Å². The number of amides is 1. The smallest absolute Gasteiger partial charge is 0.252 e. The number of nitrogens with one attached hydrogen (secondary N) is 1. The summed E-state index contributed by atoms with van der Waals surface area (Å²) in [4.78, 5) is 25.7. The van der Waals surface area contributed by atoms with Crippen LogP contribution in [0.25, 0.3) is 10.8 Å². The summed E-state index contributed by atoms with van der Waals surface area (Å²) >= 11 is 0. The number of fused-ring (bicyclic) bond motifs is 1. The lowest BCUT2D eigenvalue weighted by Crippen LogP contribution is -2.47. The number of piperazine rings is 1. The molecule has 30 heavy (non-hydrogen) atoms. The van der Waals surface area contributed by atoms with E-state index in [1.54, 1.807) is 24.5 Å². The summed E-state index contributed by atoms with van der Waals surface area (Å²) in [5.41, 5.74) is 1.67. The topological polar surface area (TPSA) is 61.4 Å². The van der Waals surface area contributed by atoms with Gasteiger partial charge in [0.2, 0.25) is 0 Å². The van der Waals surface area contributed by atoms with E-state index in [0.29, 0.717) is 12.1 Å². The van der Waals surface area contributed by atoms with E-state index >= 15 is 0 Å². The minimum atomic E-state index is -0.0553. The van der Waals surface area contributed by atoms with E-state index in [2.05, 4.69) is 57.4 Å². The summed E-state index contributed by atoms with van der Waals surface area (Å²) in [7, 11) is 0. The number of carbonyl (C=O) groups is 1. The molecule has 158 valence electrons. The van der Waals surface area contributed by atoms with Crippen LogP contribution >= 0.6 is 12.4 Å². The molecule has 0 spiro atoms. The molecular formula is C23H28ClN5O. The van der Waals surface area contributed by atoms with E-state index in [1.165, 1.54) is 10.8 Å². The van der Waals surface area contributed by atoms with Crippen LogP contribution < -0.4 is 10.2 Å². The van der Waals surface area contributed by atoms with Gasteiger partial charge in [-0.3, -0.25) is 14.7 Å². The summed E-state index contributed by atoms with van der Waals surface area (Å²) in [5, 5.41) is 5.45. The summed E-state index contributed by atoms with van der Waals surface area (Å²) < 4.78 is 0. The second-order valence-corrected chi connectivity index (χ2v) is 7.49. The van der Waals surface area contributed by atoms with Crippen LogP contribution in [-0.2, 0) is 0 Å². The second kappa shape index (κ2) is 10.4. The first-order chi connectivity index (χ1) is 14.2. The average Bonchev–Trinajstić information content (AvgIpc) is 2.77. The van der Waals surface area contributed by atoms with Gasteiger partial charge in [0.1, 0.15) is 5.82 Å². The van der Waals surface area contributed by atoms with Gasteiger partial charge < -0.3 is 10.2 Å². The number of nitrogens with zero attached hydrogens (tertiary/aromatic N) is 4. The third kappa shape index (κ3) is 5.26. The van der Waals surface area contributed by atoms with E-state index in [9.17, 15) is 4.79 Å². The molecular weight excluding hydrogens is 398 g/mol. The number of carbonyl (C=O) groups excluding carboxylic acids is 1. The minimum Gasteiger partial charge on any atom is -0.354 e. The van der Waals surface area contributed by atoms with Crippen LogP contribution in [0.4, 0.5) is 5.82 Å². The van der Waals surface area contributed by atoms with Gasteiger partial charge in [-0.25, -0.2) is 4.98 Å². The predicted molar refractivity (Wildman–Crippen MR) is 124 cm³/mol. The molecule has 1 N–H and O–H groups in total. The molecule has 6 nitrogen and oxygen atoms in total. The molecule has 0 saturated carbocycles. The predicted octanol–water partition coefficient (Wildman–Crippen LogP) is 3.30. The number of aromatic nitrogens is 2. The quantitative estimate of drug-likeness (QED) is 0.614. The largest absolute Gasteiger partial charge is 0.354 e. The molecule has 1 aliphatic rings. The average molecular weight is 426 g/mol. The number of aryl methyl sites for hydroxylation is 1. The van der Waals surface area contributed by atoms with Gasteiger partial charge in [0.15, 0.2) is 0 Å². The summed E-state index contributed by atoms with van der Waals surface area (Å²) in [6.45, 7) is 7.71. The summed E-state index contributed by atoms with van der Waals surface area (Å²) in [6, 6.07) is 14.2. The van der Waals surface area contributed by atoms with Crippen LogP contribution in [0.15, 0.2) is 54.9 Å². The number of pyridine rings is 2. The van der Waals surface area contributed by atoms with Crippen LogP contribution in [-0.4, -0.2) is 60.0 Å². The van der Waals surface area contributed by atoms with Crippen molar-refractivity contribution in [2.24, 2.45) is 0 Å². The van der Waals surface area contributed by atoms with Crippen LogP contribution in [0.1, 0.15) is 22.5 Å². The Balaban J connectivity index is 0.00000256. The van der Waals surface area contributed by atoms with Gasteiger partial charge in [-0.05, 0) is 43.5 Å². The van der Waals surface area contributed by atoms with E-state index in [4.69, 9.17) is 4.98 Å². The van der Waals surface area contributed by atoms with E-state index in [1.807, 2.05) is 0 Å². The lowest BCUT2D eigenvalue weighted by atomic mass is 10.1. The van der Waals surface area contributed by atoms with Gasteiger partial charge in [0, 0.05) is 56.2 Å². The van der Waals surface area contributed by atoms with Crippen molar-refractivity contribution in [3.8, 4) is 0 Å². The molecule has 1 fully saturated rings. The Morgan fingerprint density at radius 2 is 1.90 bits per heavy atom. The molecule has 1 saturated heterocycles. The normalized spacial score (nSPS) is 14.4. The first-order valence-electron chi connectivity index (χ1n) is 10.2. The highest BCUT2D eigenvalue weighted by Crippen LogP contribution is 2.26. The molecule has 0 bridgehead atoms. The number of rotatable bonds is 6. The van der Waals surface area contributed by atoms with E-state index in [0.717, 1.165) is 50.7 Å². The maximum Gasteiger partial charge on any atom is 0.252 e. The molecule has 3 heterocycles. The van der Waals surface area contributed by atoms with Gasteiger partial charge in [-0.2, -0.15) is 0 Å². The van der Waals surface area contributed by atoms with Crippen molar-refractivity contribution in [2.75, 3.05) is 44.2 Å². The Kier molecular flexibility index (Phi) is 7.60. The SMILES string of the molecule is Cc1cc2ccccc2c(N2CCN(CCCNC(=O)c3cccnc3)CC2)n1.Cl. The van der Waals surface area contributed by atoms with E-state index < -0.39 is 0 Å². The van der Waals surface area contributed by atoms with Crippen LogP contribution in [0, 0.1) is 6.92 Å². The number of hydrogen-bond donors (Lipinski definition) is 1. The highest BCUT2D eigenvalue weighted by molar-refractivity contribution is 5.94. The number of anilines is 1. The monoisotopic (exact) mass is 425 g/mol. The molecule has 1 aliphatic heterocycles. The molecule has 2 aromatic heterocycles. The zero-order chi connectivity index (χ0) is 20.1. The zero-order valence-corrected chi connectivity index (χ0v) is 18.1. The van der Waals surface area contributed by atoms with Crippen molar-refractivity contribution in [3.63, 3.8) is 0 Å². The first kappa shape index (κ1) is 22.0. The summed E-state index contributed by atoms with van der Waals surface area (Å²) in [5.74, 6) is 1.05. The molecule has 1 aromatic carbocycles. The van der Waals surface area contributed by atoms with Gasteiger partial charge in [0.25, 0.3) is 5.91 Å². The van der Waals surface area contributed by atoms with Crippen molar-refractivity contribution in [2.45, 2.75) is 13.3 Å². The lowest BCUT2D eigenvalue weighted by Gasteiger charge is -2.36. The van der Waals surface area contributed by atoms with E-state index in [-0.39, 0.29) is 18.3 Å². The van der Waals surface area contributed by atoms with Gasteiger partial charge in [0.05, 0.1) is 5.56 Å². The second-order valence-electron chi connectivity index (χ2n) is 7.49. The maximum absolute atomic E-state index is 12.1. The number of halogens is 1. The Morgan fingerprint density at radius 3 is 2.67 bits per heavy atom. The highest BCUT2D eigenvalue weighted by Gasteiger charge is 2.19. The molecule has 0 aliphatic carbocycles. The van der Waals surface area contributed by atoms with Gasteiger partial charge in [-0.15, -0.1) is 12.4 Å². The number of hydrogen-bond acceptors (Lipinski definition) is 5.